The van der Waals surface area contributed by atoms with E-state index in [4.69, 9.17) is 4.74 Å². The highest BCUT2D eigenvalue weighted by molar-refractivity contribution is 5.86. The van der Waals surface area contributed by atoms with Crippen molar-refractivity contribution in [3.63, 3.8) is 0 Å². The van der Waals surface area contributed by atoms with E-state index in [2.05, 4.69) is 64.5 Å². The molecule has 2 heterocycles. The minimum Gasteiger partial charge on any atom is -0.496 e. The summed E-state index contributed by atoms with van der Waals surface area (Å²) in [4.78, 5) is 37.2. The number of methoxy groups -OCH3 is 1. The van der Waals surface area contributed by atoms with Gasteiger partial charge in [-0.15, -0.1) is 0 Å². The molecule has 3 aliphatic rings. The third kappa shape index (κ3) is 4.98. The number of hydrogen-bond donors (Lipinski definition) is 1. The van der Waals surface area contributed by atoms with Crippen LogP contribution in [0, 0.1) is 5.92 Å². The van der Waals surface area contributed by atoms with Gasteiger partial charge in [-0.1, -0.05) is 36.8 Å². The number of amides is 3. The Bertz CT molecular complexity index is 1130. The maximum Gasteiger partial charge on any atom is 0.321 e. The molecule has 1 aromatic heterocycles. The van der Waals surface area contributed by atoms with E-state index in [1.165, 1.54) is 24.8 Å². The molecular weight excluding hydrogens is 478 g/mol. The van der Waals surface area contributed by atoms with Gasteiger partial charge in [-0.3, -0.25) is 14.7 Å². The average molecular weight is 520 g/mol. The number of carbonyl (C=O) groups excluding carboxylic acids is 2. The van der Waals surface area contributed by atoms with Gasteiger partial charge in [0.25, 0.3) is 0 Å². The van der Waals surface area contributed by atoms with Gasteiger partial charge in [0.05, 0.1) is 12.6 Å². The Morgan fingerprint density at radius 1 is 1.13 bits per heavy atom. The van der Waals surface area contributed by atoms with Crippen LogP contribution in [0.25, 0.3) is 0 Å². The van der Waals surface area contributed by atoms with Gasteiger partial charge >= 0.3 is 6.03 Å². The molecule has 1 N–H and O–H groups in total. The SMILES string of the molecule is COc1ccncc1CNC(=O)CN1CC2(CCC(c3ccccc3)(N(C)C)CC2)N(CC2CCC2)C1=O. The van der Waals surface area contributed by atoms with E-state index in [-0.39, 0.29) is 29.6 Å². The molecule has 1 aromatic carbocycles. The first-order valence-electron chi connectivity index (χ1n) is 13.9. The number of nitrogens with zero attached hydrogens (tertiary/aromatic N) is 4. The summed E-state index contributed by atoms with van der Waals surface area (Å²) in [5.41, 5.74) is 1.91. The Hall–Kier alpha value is -3.13. The normalized spacial score (nSPS) is 25.6. The molecule has 0 unspecified atom stereocenters. The lowest BCUT2D eigenvalue weighted by molar-refractivity contribution is -0.121. The number of carbonyl (C=O) groups is 2. The van der Waals surface area contributed by atoms with E-state index >= 15 is 0 Å². The number of aromatic nitrogens is 1. The van der Waals surface area contributed by atoms with Gasteiger partial charge in [0, 0.05) is 43.1 Å². The molecule has 0 radical (unpaired) electrons. The van der Waals surface area contributed by atoms with E-state index in [1.54, 1.807) is 30.5 Å². The topological polar surface area (TPSA) is 78.0 Å². The fraction of sp³-hybridized carbons (Fsp3) is 0.567. The predicted molar refractivity (Wildman–Crippen MR) is 147 cm³/mol. The van der Waals surface area contributed by atoms with Crippen LogP contribution in [-0.4, -0.2) is 78.0 Å². The zero-order valence-corrected chi connectivity index (χ0v) is 23.0. The van der Waals surface area contributed by atoms with E-state index in [0.717, 1.165) is 37.8 Å². The molecule has 5 rings (SSSR count). The third-order valence-corrected chi connectivity index (χ3v) is 9.29. The Morgan fingerprint density at radius 3 is 2.50 bits per heavy atom. The second-order valence-corrected chi connectivity index (χ2v) is 11.5. The van der Waals surface area contributed by atoms with E-state index < -0.39 is 0 Å². The van der Waals surface area contributed by atoms with Crippen molar-refractivity contribution < 1.29 is 14.3 Å². The van der Waals surface area contributed by atoms with Crippen LogP contribution >= 0.6 is 0 Å². The van der Waals surface area contributed by atoms with Gasteiger partial charge in [0.15, 0.2) is 0 Å². The number of urea groups is 1. The fourth-order valence-electron chi connectivity index (χ4n) is 6.68. The largest absolute Gasteiger partial charge is 0.496 e. The average Bonchev–Trinajstić information content (AvgIpc) is 3.15. The van der Waals surface area contributed by atoms with E-state index in [9.17, 15) is 9.59 Å². The van der Waals surface area contributed by atoms with Crippen LogP contribution in [0.4, 0.5) is 4.79 Å². The summed E-state index contributed by atoms with van der Waals surface area (Å²) in [5, 5.41) is 2.96. The quantitative estimate of drug-likeness (QED) is 0.542. The molecule has 8 nitrogen and oxygen atoms in total. The Morgan fingerprint density at radius 2 is 1.87 bits per heavy atom. The lowest BCUT2D eigenvalue weighted by Crippen LogP contribution is -2.56. The molecule has 8 heteroatoms. The monoisotopic (exact) mass is 519 g/mol. The number of benzene rings is 1. The van der Waals surface area contributed by atoms with Crippen molar-refractivity contribution in [2.24, 2.45) is 5.92 Å². The molecule has 3 fully saturated rings. The van der Waals surface area contributed by atoms with E-state index in [1.807, 2.05) is 0 Å². The summed E-state index contributed by atoms with van der Waals surface area (Å²) in [5.74, 6) is 1.11. The van der Waals surface area contributed by atoms with E-state index in [0.29, 0.717) is 24.8 Å². The van der Waals surface area contributed by atoms with Crippen molar-refractivity contribution in [2.75, 3.05) is 40.8 Å². The fourth-order valence-corrected chi connectivity index (χ4v) is 6.68. The highest BCUT2D eigenvalue weighted by atomic mass is 16.5. The number of hydrogen-bond acceptors (Lipinski definition) is 5. The maximum absolute atomic E-state index is 13.8. The van der Waals surface area contributed by atoms with Gasteiger partial charge in [-0.25, -0.2) is 4.79 Å². The highest BCUT2D eigenvalue weighted by Gasteiger charge is 2.55. The van der Waals surface area contributed by atoms with Crippen LogP contribution in [0.1, 0.15) is 56.1 Å². The first-order chi connectivity index (χ1) is 18.4. The molecular formula is C30H41N5O3. The van der Waals surface area contributed by atoms with Gasteiger partial charge in [-0.05, 0) is 70.2 Å². The zero-order chi connectivity index (χ0) is 26.8. The molecule has 3 amide bonds. The third-order valence-electron chi connectivity index (χ3n) is 9.29. The van der Waals surface area contributed by atoms with Crippen LogP contribution < -0.4 is 10.1 Å². The summed E-state index contributed by atoms with van der Waals surface area (Å²) < 4.78 is 5.37. The number of rotatable bonds is 9. The molecule has 1 saturated heterocycles. The molecule has 38 heavy (non-hydrogen) atoms. The number of ether oxygens (including phenoxy) is 1. The lowest BCUT2D eigenvalue weighted by Gasteiger charge is -2.51. The molecule has 2 aliphatic carbocycles. The van der Waals surface area contributed by atoms with Crippen LogP contribution in [0.5, 0.6) is 5.75 Å². The minimum atomic E-state index is -0.214. The first kappa shape index (κ1) is 26.5. The minimum absolute atomic E-state index is 0.0167. The smallest absolute Gasteiger partial charge is 0.321 e. The van der Waals surface area contributed by atoms with Crippen molar-refractivity contribution in [3.05, 3.63) is 59.9 Å². The summed E-state index contributed by atoms with van der Waals surface area (Å²) in [7, 11) is 5.95. The standard InChI is InChI=1S/C30H41N5O3/c1-33(2)30(25-10-5-4-6-11-25)15-13-29(14-16-30)22-34(28(37)35(29)20-23-8-7-9-23)21-27(36)32-19-24-18-31-17-12-26(24)38-3/h4-6,10-12,17-18,23H,7-9,13-16,19-22H2,1-3H3,(H,32,36). The highest BCUT2D eigenvalue weighted by Crippen LogP contribution is 2.49. The van der Waals surface area contributed by atoms with Gasteiger partial charge in [-0.2, -0.15) is 0 Å². The Kier molecular flexibility index (Phi) is 7.61. The van der Waals surface area contributed by atoms with Gasteiger partial charge < -0.3 is 19.9 Å². The van der Waals surface area contributed by atoms with Crippen molar-refractivity contribution >= 4 is 11.9 Å². The Labute approximate surface area is 226 Å². The summed E-state index contributed by atoms with van der Waals surface area (Å²) in [6.45, 7) is 1.81. The van der Waals surface area contributed by atoms with Gasteiger partial charge in [0.1, 0.15) is 12.3 Å². The zero-order valence-electron chi connectivity index (χ0n) is 23.0. The summed E-state index contributed by atoms with van der Waals surface area (Å²) >= 11 is 0. The molecule has 0 atom stereocenters. The number of pyridine rings is 1. The van der Waals surface area contributed by atoms with Crippen molar-refractivity contribution in [1.82, 2.24) is 25.0 Å². The Balaban J connectivity index is 1.30. The molecule has 1 aliphatic heterocycles. The molecule has 2 aromatic rings. The second-order valence-electron chi connectivity index (χ2n) is 11.5. The van der Waals surface area contributed by atoms with Crippen LogP contribution in [0.3, 0.4) is 0 Å². The van der Waals surface area contributed by atoms with Crippen LogP contribution in [-0.2, 0) is 16.9 Å². The van der Waals surface area contributed by atoms with Crippen molar-refractivity contribution in [1.29, 1.82) is 0 Å². The summed E-state index contributed by atoms with van der Waals surface area (Å²) in [6, 6.07) is 12.6. The summed E-state index contributed by atoms with van der Waals surface area (Å²) in [6.07, 6.45) is 10.8. The van der Waals surface area contributed by atoms with Gasteiger partial charge in [0.2, 0.25) is 5.91 Å². The van der Waals surface area contributed by atoms with Crippen molar-refractivity contribution in [2.45, 2.75) is 62.6 Å². The maximum atomic E-state index is 13.8. The molecule has 204 valence electrons. The van der Waals surface area contributed by atoms with Crippen LogP contribution in [0.2, 0.25) is 0 Å². The first-order valence-corrected chi connectivity index (χ1v) is 13.9. The molecule has 2 saturated carbocycles. The van der Waals surface area contributed by atoms with Crippen LogP contribution in [0.15, 0.2) is 48.8 Å². The van der Waals surface area contributed by atoms with Crippen molar-refractivity contribution in [3.8, 4) is 5.75 Å². The predicted octanol–water partition coefficient (Wildman–Crippen LogP) is 4.01. The lowest BCUT2D eigenvalue weighted by atomic mass is 9.68. The number of nitrogens with one attached hydrogen (secondary N) is 1. The molecule has 0 bridgehead atoms. The molecule has 1 spiro atoms. The second kappa shape index (κ2) is 10.9.